The minimum Gasteiger partial charge on any atom is -0.309 e. The Balaban J connectivity index is 1.18. The van der Waals surface area contributed by atoms with Crippen molar-refractivity contribution in [3.8, 4) is 45.0 Å². The summed E-state index contributed by atoms with van der Waals surface area (Å²) >= 11 is 0. The third-order valence-electron chi connectivity index (χ3n) is 9.64. The zero-order valence-electron chi connectivity index (χ0n) is 27.0. The fourth-order valence-electron chi connectivity index (χ4n) is 7.40. The van der Waals surface area contributed by atoms with Gasteiger partial charge in [0.1, 0.15) is 0 Å². The number of hydrogen-bond acceptors (Lipinski definition) is 3. The number of para-hydroxylation sites is 2. The average molecular weight is 640 g/mol. The van der Waals surface area contributed by atoms with E-state index in [2.05, 4.69) is 137 Å². The molecule has 0 radical (unpaired) electrons. The van der Waals surface area contributed by atoms with Crippen LogP contribution in [0, 0.1) is 0 Å². The van der Waals surface area contributed by atoms with Gasteiger partial charge in [0.05, 0.1) is 39.0 Å². The van der Waals surface area contributed by atoms with Crippen LogP contribution >= 0.6 is 0 Å². The molecule has 0 atom stereocenters. The fourth-order valence-corrected chi connectivity index (χ4v) is 7.40. The smallest absolute Gasteiger partial charge is 0.0963 e. The summed E-state index contributed by atoms with van der Waals surface area (Å²) in [5.74, 6) is 0. The molecule has 0 N–H and O–H groups in total. The van der Waals surface area contributed by atoms with E-state index >= 15 is 0 Å². The van der Waals surface area contributed by atoms with Crippen molar-refractivity contribution < 1.29 is 0 Å². The van der Waals surface area contributed by atoms with E-state index in [4.69, 9.17) is 15.0 Å². The highest BCUT2D eigenvalue weighted by molar-refractivity contribution is 6.11. The molecule has 0 fully saturated rings. The number of hydrogen-bond donors (Lipinski definition) is 0. The van der Waals surface area contributed by atoms with Crippen LogP contribution < -0.4 is 0 Å². The number of rotatable bonds is 5. The lowest BCUT2D eigenvalue weighted by atomic mass is 10.0. The Morgan fingerprint density at radius 2 is 0.920 bits per heavy atom. The van der Waals surface area contributed by atoms with Gasteiger partial charge in [-0.2, -0.15) is 0 Å². The summed E-state index contributed by atoms with van der Waals surface area (Å²) in [7, 11) is 0. The number of nitrogens with zero attached hydrogens (tertiary/aromatic N) is 5. The van der Waals surface area contributed by atoms with Crippen molar-refractivity contribution >= 4 is 43.7 Å². The Morgan fingerprint density at radius 3 is 1.68 bits per heavy atom. The molecule has 0 saturated heterocycles. The molecule has 5 aromatic heterocycles. The standard InChI is InChI=1S/C45H29N5/c1-2-11-34(12-3-1)49-41-16-5-4-13-36(41)37-20-18-31(29-44(37)49)30-19-21-42-38(28-30)45-43(17-10-24-48-45)50(42)35-26-32(39-14-6-8-22-46-39)25-33(27-35)40-15-7-9-23-47-40/h1-29H. The molecule has 0 saturated carbocycles. The quantitative estimate of drug-likeness (QED) is 0.188. The minimum absolute atomic E-state index is 0.913. The van der Waals surface area contributed by atoms with E-state index in [1.807, 2.05) is 48.9 Å². The van der Waals surface area contributed by atoms with Crippen LogP contribution in [0.5, 0.6) is 0 Å². The summed E-state index contributed by atoms with van der Waals surface area (Å²) in [5, 5.41) is 3.59. The summed E-state index contributed by atoms with van der Waals surface area (Å²) < 4.78 is 4.69. The lowest BCUT2D eigenvalue weighted by Crippen LogP contribution is -1.97. The summed E-state index contributed by atoms with van der Waals surface area (Å²) in [4.78, 5) is 14.3. The second-order valence-electron chi connectivity index (χ2n) is 12.6. The summed E-state index contributed by atoms with van der Waals surface area (Å²) in [6.07, 6.45) is 5.56. The molecule has 0 aliphatic carbocycles. The minimum atomic E-state index is 0.913. The molecule has 0 spiro atoms. The molecular formula is C45H29N5. The Kier molecular flexibility index (Phi) is 6.42. The molecule has 5 heterocycles. The summed E-state index contributed by atoms with van der Waals surface area (Å²) in [5.41, 5.74) is 13.9. The number of pyridine rings is 3. The van der Waals surface area contributed by atoms with Crippen LogP contribution in [-0.4, -0.2) is 24.1 Å². The first-order chi connectivity index (χ1) is 24.8. The lowest BCUT2D eigenvalue weighted by Gasteiger charge is -2.13. The van der Waals surface area contributed by atoms with Crippen molar-refractivity contribution in [2.45, 2.75) is 0 Å². The zero-order chi connectivity index (χ0) is 33.0. The van der Waals surface area contributed by atoms with Crippen molar-refractivity contribution in [2.24, 2.45) is 0 Å². The van der Waals surface area contributed by atoms with Gasteiger partial charge in [0, 0.05) is 57.3 Å². The van der Waals surface area contributed by atoms with Gasteiger partial charge in [0.25, 0.3) is 0 Å². The van der Waals surface area contributed by atoms with E-state index in [0.29, 0.717) is 0 Å². The Hall–Kier alpha value is -6.85. The van der Waals surface area contributed by atoms with Crippen LogP contribution in [0.25, 0.3) is 88.8 Å². The van der Waals surface area contributed by atoms with Crippen LogP contribution in [0.2, 0.25) is 0 Å². The van der Waals surface area contributed by atoms with Gasteiger partial charge in [-0.3, -0.25) is 15.0 Å². The maximum Gasteiger partial charge on any atom is 0.0963 e. The van der Waals surface area contributed by atoms with E-state index < -0.39 is 0 Å². The van der Waals surface area contributed by atoms with Gasteiger partial charge in [0.15, 0.2) is 0 Å². The number of fused-ring (bicyclic) bond motifs is 6. The third kappa shape index (κ3) is 4.52. The van der Waals surface area contributed by atoms with Crippen molar-refractivity contribution in [1.29, 1.82) is 0 Å². The molecular weight excluding hydrogens is 611 g/mol. The lowest BCUT2D eigenvalue weighted by molar-refractivity contribution is 1.17. The molecule has 10 aromatic rings. The molecule has 5 heteroatoms. The molecule has 0 aliphatic heterocycles. The normalized spacial score (nSPS) is 11.6. The van der Waals surface area contributed by atoms with Gasteiger partial charge >= 0.3 is 0 Å². The SMILES string of the molecule is c1ccc(-n2c3ccccc3c3ccc(-c4ccc5c(c4)c4ncccc4n5-c4cc(-c5ccccn5)cc(-c5ccccn5)c4)cc32)cc1. The van der Waals surface area contributed by atoms with Gasteiger partial charge in [0.2, 0.25) is 0 Å². The van der Waals surface area contributed by atoms with Crippen molar-refractivity contribution in [2.75, 3.05) is 0 Å². The van der Waals surface area contributed by atoms with E-state index in [-0.39, 0.29) is 0 Å². The highest BCUT2D eigenvalue weighted by atomic mass is 15.0. The molecule has 0 bridgehead atoms. The number of benzene rings is 5. The highest BCUT2D eigenvalue weighted by Crippen LogP contribution is 2.39. The molecule has 0 unspecified atom stereocenters. The predicted molar refractivity (Wildman–Crippen MR) is 205 cm³/mol. The highest BCUT2D eigenvalue weighted by Gasteiger charge is 2.18. The molecule has 5 aromatic carbocycles. The van der Waals surface area contributed by atoms with E-state index in [1.54, 1.807) is 0 Å². The van der Waals surface area contributed by atoms with Gasteiger partial charge in [-0.15, -0.1) is 0 Å². The zero-order valence-corrected chi connectivity index (χ0v) is 27.0. The summed E-state index contributed by atoms with van der Waals surface area (Å²) in [6, 6.07) is 55.7. The Bertz CT molecular complexity index is 2800. The Morgan fingerprint density at radius 1 is 0.320 bits per heavy atom. The first-order valence-corrected chi connectivity index (χ1v) is 16.8. The topological polar surface area (TPSA) is 48.5 Å². The maximum atomic E-state index is 4.93. The first kappa shape index (κ1) is 28.2. The molecule has 234 valence electrons. The molecule has 5 nitrogen and oxygen atoms in total. The van der Waals surface area contributed by atoms with Crippen LogP contribution in [-0.2, 0) is 0 Å². The molecule has 0 aliphatic rings. The maximum absolute atomic E-state index is 4.93. The van der Waals surface area contributed by atoms with Crippen molar-refractivity contribution in [3.63, 3.8) is 0 Å². The molecule has 10 rings (SSSR count). The molecule has 50 heavy (non-hydrogen) atoms. The second kappa shape index (κ2) is 11.4. The molecule has 0 amide bonds. The van der Waals surface area contributed by atoms with E-state index in [9.17, 15) is 0 Å². The second-order valence-corrected chi connectivity index (χ2v) is 12.6. The van der Waals surface area contributed by atoms with Crippen molar-refractivity contribution in [1.82, 2.24) is 24.1 Å². The third-order valence-corrected chi connectivity index (χ3v) is 9.64. The van der Waals surface area contributed by atoms with Crippen LogP contribution in [0.3, 0.4) is 0 Å². The van der Waals surface area contributed by atoms with Crippen LogP contribution in [0.15, 0.2) is 176 Å². The number of aromatic nitrogens is 5. The van der Waals surface area contributed by atoms with Gasteiger partial charge in [-0.1, -0.05) is 66.7 Å². The fraction of sp³-hybridized carbons (Fsp3) is 0. The summed E-state index contributed by atoms with van der Waals surface area (Å²) in [6.45, 7) is 0. The first-order valence-electron chi connectivity index (χ1n) is 16.8. The largest absolute Gasteiger partial charge is 0.309 e. The van der Waals surface area contributed by atoms with E-state index in [0.717, 1.165) is 67.0 Å². The van der Waals surface area contributed by atoms with Gasteiger partial charge in [-0.05, 0) is 102 Å². The van der Waals surface area contributed by atoms with Crippen LogP contribution in [0.1, 0.15) is 0 Å². The van der Waals surface area contributed by atoms with Gasteiger partial charge < -0.3 is 9.13 Å². The monoisotopic (exact) mass is 639 g/mol. The van der Waals surface area contributed by atoms with Crippen LogP contribution in [0.4, 0.5) is 0 Å². The van der Waals surface area contributed by atoms with Crippen molar-refractivity contribution in [3.05, 3.63) is 176 Å². The van der Waals surface area contributed by atoms with E-state index in [1.165, 1.54) is 21.8 Å². The van der Waals surface area contributed by atoms with Gasteiger partial charge in [-0.25, -0.2) is 0 Å². The predicted octanol–water partition coefficient (Wildman–Crippen LogP) is 11.1. The average Bonchev–Trinajstić information content (AvgIpc) is 3.71. The Labute approximate surface area is 288 Å².